The van der Waals surface area contributed by atoms with Gasteiger partial charge in [0.05, 0.1) is 0 Å². The van der Waals surface area contributed by atoms with Crippen molar-refractivity contribution in [1.82, 2.24) is 10.6 Å². The summed E-state index contributed by atoms with van der Waals surface area (Å²) in [5, 5.41) is 9.84. The summed E-state index contributed by atoms with van der Waals surface area (Å²) in [4.78, 5) is 16.6. The van der Waals surface area contributed by atoms with Gasteiger partial charge in [-0.2, -0.15) is 0 Å². The number of carbonyl (C=O) groups is 1. The van der Waals surface area contributed by atoms with Crippen LogP contribution in [0.25, 0.3) is 0 Å². The molecule has 0 heterocycles. The van der Waals surface area contributed by atoms with Crippen molar-refractivity contribution in [2.75, 3.05) is 12.4 Å². The summed E-state index contributed by atoms with van der Waals surface area (Å²) in [5.41, 5.74) is 2.00. The summed E-state index contributed by atoms with van der Waals surface area (Å²) in [6.07, 6.45) is 10.9. The SMILES string of the molecule is CN=C(NCc1cccc(NC(=O)C2CCCC2)c1)NC1CC=CC1. The Morgan fingerprint density at radius 1 is 1.20 bits per heavy atom. The molecule has 1 aromatic carbocycles. The van der Waals surface area contributed by atoms with E-state index in [-0.39, 0.29) is 11.8 Å². The first kappa shape index (κ1) is 17.5. The average Bonchev–Trinajstić information content (AvgIpc) is 3.32. The second kappa shape index (κ2) is 8.70. The van der Waals surface area contributed by atoms with Crippen molar-refractivity contribution >= 4 is 17.6 Å². The molecule has 1 saturated carbocycles. The van der Waals surface area contributed by atoms with Crippen molar-refractivity contribution < 1.29 is 4.79 Å². The van der Waals surface area contributed by atoms with E-state index in [1.165, 1.54) is 12.8 Å². The predicted octanol–water partition coefficient (Wildman–Crippen LogP) is 3.20. The van der Waals surface area contributed by atoms with Crippen molar-refractivity contribution in [3.05, 3.63) is 42.0 Å². The smallest absolute Gasteiger partial charge is 0.227 e. The number of anilines is 1. The number of rotatable bonds is 5. The molecule has 0 saturated heterocycles. The minimum Gasteiger partial charge on any atom is -0.353 e. The van der Waals surface area contributed by atoms with Gasteiger partial charge in [-0.05, 0) is 43.4 Å². The van der Waals surface area contributed by atoms with Gasteiger partial charge in [0.15, 0.2) is 5.96 Å². The molecule has 2 aliphatic carbocycles. The molecule has 0 aliphatic heterocycles. The van der Waals surface area contributed by atoms with Crippen molar-refractivity contribution in [2.24, 2.45) is 10.9 Å². The van der Waals surface area contributed by atoms with E-state index in [0.717, 1.165) is 42.9 Å². The second-order valence-electron chi connectivity index (χ2n) is 6.88. The first-order valence-corrected chi connectivity index (χ1v) is 9.26. The number of amides is 1. The molecule has 1 aromatic rings. The number of hydrogen-bond acceptors (Lipinski definition) is 2. The maximum absolute atomic E-state index is 12.3. The molecule has 0 atom stereocenters. The van der Waals surface area contributed by atoms with Crippen LogP contribution in [0.2, 0.25) is 0 Å². The van der Waals surface area contributed by atoms with E-state index in [4.69, 9.17) is 0 Å². The fourth-order valence-corrected chi connectivity index (χ4v) is 3.50. The van der Waals surface area contributed by atoms with Crippen LogP contribution in [-0.4, -0.2) is 25.0 Å². The van der Waals surface area contributed by atoms with Crippen LogP contribution in [0, 0.1) is 5.92 Å². The molecule has 0 unspecified atom stereocenters. The maximum Gasteiger partial charge on any atom is 0.227 e. The fraction of sp³-hybridized carbons (Fsp3) is 0.500. The highest BCUT2D eigenvalue weighted by Crippen LogP contribution is 2.26. The van der Waals surface area contributed by atoms with Crippen molar-refractivity contribution in [3.8, 4) is 0 Å². The summed E-state index contributed by atoms with van der Waals surface area (Å²) in [6.45, 7) is 0.674. The molecule has 0 aromatic heterocycles. The zero-order valence-electron chi connectivity index (χ0n) is 14.9. The van der Waals surface area contributed by atoms with E-state index < -0.39 is 0 Å². The first-order chi connectivity index (χ1) is 12.2. The third kappa shape index (κ3) is 5.08. The lowest BCUT2D eigenvalue weighted by Crippen LogP contribution is -2.42. The number of hydrogen-bond donors (Lipinski definition) is 3. The molecule has 5 nitrogen and oxygen atoms in total. The van der Waals surface area contributed by atoms with Gasteiger partial charge in [-0.15, -0.1) is 0 Å². The van der Waals surface area contributed by atoms with E-state index in [1.54, 1.807) is 7.05 Å². The zero-order chi connectivity index (χ0) is 17.5. The maximum atomic E-state index is 12.3. The second-order valence-corrected chi connectivity index (χ2v) is 6.88. The lowest BCUT2D eigenvalue weighted by atomic mass is 10.1. The zero-order valence-corrected chi connectivity index (χ0v) is 14.9. The molecule has 25 heavy (non-hydrogen) atoms. The first-order valence-electron chi connectivity index (χ1n) is 9.26. The van der Waals surface area contributed by atoms with E-state index >= 15 is 0 Å². The van der Waals surface area contributed by atoms with Crippen LogP contribution < -0.4 is 16.0 Å². The highest BCUT2D eigenvalue weighted by atomic mass is 16.1. The monoisotopic (exact) mass is 340 g/mol. The Bertz CT molecular complexity index is 639. The molecule has 0 bridgehead atoms. The van der Waals surface area contributed by atoms with Crippen molar-refractivity contribution in [3.63, 3.8) is 0 Å². The molecule has 5 heteroatoms. The number of nitrogens with zero attached hydrogens (tertiary/aromatic N) is 1. The molecular formula is C20H28N4O. The Labute approximate surface area is 150 Å². The number of benzene rings is 1. The Balaban J connectivity index is 1.51. The minimum absolute atomic E-state index is 0.161. The van der Waals surface area contributed by atoms with Crippen LogP contribution in [0.15, 0.2) is 41.4 Å². The van der Waals surface area contributed by atoms with Crippen LogP contribution >= 0.6 is 0 Å². The van der Waals surface area contributed by atoms with Gasteiger partial charge in [0.1, 0.15) is 0 Å². The van der Waals surface area contributed by atoms with Crippen LogP contribution in [0.5, 0.6) is 0 Å². The summed E-state index contributed by atoms with van der Waals surface area (Å²) in [6, 6.07) is 8.46. The molecule has 0 spiro atoms. The Hall–Kier alpha value is -2.30. The lowest BCUT2D eigenvalue weighted by molar-refractivity contribution is -0.119. The highest BCUT2D eigenvalue weighted by Gasteiger charge is 2.22. The molecule has 2 aliphatic rings. The standard InChI is InChI=1S/C20H28N4O/c1-21-20(24-17-10-4-5-11-17)22-14-15-7-6-12-18(13-15)23-19(25)16-8-2-3-9-16/h4-7,12-13,16-17H,2-3,8-11,14H2,1H3,(H,23,25)(H2,21,22,24). The summed E-state index contributed by atoms with van der Waals surface area (Å²) in [5.74, 6) is 1.16. The summed E-state index contributed by atoms with van der Waals surface area (Å²) < 4.78 is 0. The normalized spacial score (nSPS) is 18.5. The topological polar surface area (TPSA) is 65.5 Å². The van der Waals surface area contributed by atoms with E-state index in [1.807, 2.05) is 18.2 Å². The van der Waals surface area contributed by atoms with Gasteiger partial charge in [0.25, 0.3) is 0 Å². The molecule has 1 fully saturated rings. The third-order valence-electron chi connectivity index (χ3n) is 4.95. The molecule has 3 rings (SSSR count). The summed E-state index contributed by atoms with van der Waals surface area (Å²) >= 11 is 0. The van der Waals surface area contributed by atoms with Crippen LogP contribution in [0.1, 0.15) is 44.1 Å². The van der Waals surface area contributed by atoms with E-state index in [0.29, 0.717) is 12.6 Å². The number of carbonyl (C=O) groups excluding carboxylic acids is 1. The molecule has 1 amide bonds. The Morgan fingerprint density at radius 2 is 1.96 bits per heavy atom. The highest BCUT2D eigenvalue weighted by molar-refractivity contribution is 5.92. The Kier molecular flexibility index (Phi) is 6.09. The molecule has 0 radical (unpaired) electrons. The predicted molar refractivity (Wildman–Crippen MR) is 103 cm³/mol. The molecule has 134 valence electrons. The number of guanidine groups is 1. The molecular weight excluding hydrogens is 312 g/mol. The third-order valence-corrected chi connectivity index (χ3v) is 4.95. The van der Waals surface area contributed by atoms with E-state index in [9.17, 15) is 4.79 Å². The van der Waals surface area contributed by atoms with Gasteiger partial charge in [-0.3, -0.25) is 9.79 Å². The van der Waals surface area contributed by atoms with Crippen LogP contribution in [-0.2, 0) is 11.3 Å². The van der Waals surface area contributed by atoms with Gasteiger partial charge in [0, 0.05) is 31.2 Å². The van der Waals surface area contributed by atoms with Gasteiger partial charge in [-0.1, -0.05) is 37.1 Å². The van der Waals surface area contributed by atoms with Gasteiger partial charge in [0.2, 0.25) is 5.91 Å². The minimum atomic E-state index is 0.161. The largest absolute Gasteiger partial charge is 0.353 e. The average molecular weight is 340 g/mol. The number of nitrogens with one attached hydrogen (secondary N) is 3. The Morgan fingerprint density at radius 3 is 2.68 bits per heavy atom. The summed E-state index contributed by atoms with van der Waals surface area (Å²) in [7, 11) is 1.79. The number of aliphatic imine (C=N–C) groups is 1. The van der Waals surface area contributed by atoms with Gasteiger partial charge in [-0.25, -0.2) is 0 Å². The van der Waals surface area contributed by atoms with Crippen molar-refractivity contribution in [2.45, 2.75) is 51.1 Å². The fourth-order valence-electron chi connectivity index (χ4n) is 3.50. The van der Waals surface area contributed by atoms with Crippen molar-refractivity contribution in [1.29, 1.82) is 0 Å². The quantitative estimate of drug-likeness (QED) is 0.438. The van der Waals surface area contributed by atoms with Crippen LogP contribution in [0.4, 0.5) is 5.69 Å². The van der Waals surface area contributed by atoms with Gasteiger partial charge < -0.3 is 16.0 Å². The van der Waals surface area contributed by atoms with Gasteiger partial charge >= 0.3 is 0 Å². The lowest BCUT2D eigenvalue weighted by Gasteiger charge is -2.17. The molecule has 3 N–H and O–H groups in total. The van der Waals surface area contributed by atoms with E-state index in [2.05, 4.69) is 39.2 Å². The van der Waals surface area contributed by atoms with Crippen LogP contribution in [0.3, 0.4) is 0 Å².